The Morgan fingerprint density at radius 1 is 1.42 bits per heavy atom. The molecule has 1 aromatic carbocycles. The van der Waals surface area contributed by atoms with Gasteiger partial charge in [0.15, 0.2) is 0 Å². The minimum Gasteiger partial charge on any atom is -0.494 e. The summed E-state index contributed by atoms with van der Waals surface area (Å²) in [6.45, 7) is 3.82. The predicted molar refractivity (Wildman–Crippen MR) is 90.4 cm³/mol. The molecule has 0 aliphatic heterocycles. The maximum Gasteiger partial charge on any atom is 0.271 e. The summed E-state index contributed by atoms with van der Waals surface area (Å²) in [6, 6.07) is 7.85. The number of rotatable bonds is 5. The molecule has 0 spiro atoms. The van der Waals surface area contributed by atoms with E-state index in [9.17, 15) is 19.6 Å². The number of aliphatic imine (C=N–C) groups is 1. The van der Waals surface area contributed by atoms with Crippen LogP contribution in [0.25, 0.3) is 0 Å². The van der Waals surface area contributed by atoms with Crippen LogP contribution in [-0.4, -0.2) is 15.9 Å². The minimum atomic E-state index is -0.524. The number of nitrogens with zero attached hydrogens (tertiary/aromatic N) is 3. The van der Waals surface area contributed by atoms with Crippen molar-refractivity contribution >= 4 is 11.9 Å². The molecule has 0 radical (unpaired) electrons. The van der Waals surface area contributed by atoms with Crippen molar-refractivity contribution in [3.8, 4) is 11.9 Å². The molecule has 0 saturated carbocycles. The second kappa shape index (κ2) is 7.55. The van der Waals surface area contributed by atoms with Gasteiger partial charge in [-0.1, -0.05) is 25.5 Å². The van der Waals surface area contributed by atoms with Gasteiger partial charge >= 0.3 is 0 Å². The first kappa shape index (κ1) is 17.4. The number of unbranched alkanes of at least 4 members (excludes halogenated alkanes) is 1. The lowest BCUT2D eigenvalue weighted by Gasteiger charge is -2.13. The van der Waals surface area contributed by atoms with E-state index in [1.807, 2.05) is 13.0 Å². The molecule has 0 aliphatic rings. The van der Waals surface area contributed by atoms with Gasteiger partial charge in [-0.25, -0.2) is 4.39 Å². The zero-order chi connectivity index (χ0) is 17.7. The topological polar surface area (TPSA) is 78.4 Å². The molecule has 124 valence electrons. The van der Waals surface area contributed by atoms with Gasteiger partial charge in [0.05, 0.1) is 11.3 Å². The quantitative estimate of drug-likeness (QED) is 0.855. The highest BCUT2D eigenvalue weighted by Gasteiger charge is 2.17. The number of hydrogen-bond acceptors (Lipinski definition) is 4. The molecule has 0 fully saturated rings. The van der Waals surface area contributed by atoms with E-state index in [2.05, 4.69) is 4.99 Å². The number of aromatic nitrogens is 1. The molecule has 1 aromatic heterocycles. The number of pyridine rings is 1. The molecule has 6 heteroatoms. The predicted octanol–water partition coefficient (Wildman–Crippen LogP) is 3.42. The summed E-state index contributed by atoms with van der Waals surface area (Å²) in [5.74, 6) is -0.754. The number of halogens is 1. The monoisotopic (exact) mass is 327 g/mol. The Hall–Kier alpha value is -2.94. The average Bonchev–Trinajstić information content (AvgIpc) is 2.56. The molecule has 2 aromatic rings. The third-order valence-electron chi connectivity index (χ3n) is 3.77. The Bertz CT molecular complexity index is 879. The zero-order valence-corrected chi connectivity index (χ0v) is 13.6. The van der Waals surface area contributed by atoms with E-state index >= 15 is 0 Å². The Morgan fingerprint density at radius 2 is 2.12 bits per heavy atom. The second-order valence-corrected chi connectivity index (χ2v) is 5.37. The summed E-state index contributed by atoms with van der Waals surface area (Å²) in [7, 11) is 0. The van der Waals surface area contributed by atoms with Crippen LogP contribution in [0.15, 0.2) is 34.1 Å². The molecule has 0 amide bonds. The largest absolute Gasteiger partial charge is 0.494 e. The molecule has 24 heavy (non-hydrogen) atoms. The van der Waals surface area contributed by atoms with E-state index in [-0.39, 0.29) is 22.7 Å². The van der Waals surface area contributed by atoms with Gasteiger partial charge in [0.1, 0.15) is 17.4 Å². The summed E-state index contributed by atoms with van der Waals surface area (Å²) in [4.78, 5) is 16.3. The Morgan fingerprint density at radius 3 is 2.75 bits per heavy atom. The van der Waals surface area contributed by atoms with E-state index in [1.54, 1.807) is 19.1 Å². The van der Waals surface area contributed by atoms with Crippen LogP contribution in [0.4, 0.5) is 10.1 Å². The van der Waals surface area contributed by atoms with Crippen molar-refractivity contribution in [2.75, 3.05) is 0 Å². The van der Waals surface area contributed by atoms with Gasteiger partial charge in [-0.15, -0.1) is 0 Å². The first-order chi connectivity index (χ1) is 11.5. The molecule has 2 rings (SSSR count). The molecule has 0 unspecified atom stereocenters. The van der Waals surface area contributed by atoms with Crippen molar-refractivity contribution in [3.63, 3.8) is 0 Å². The lowest BCUT2D eigenvalue weighted by atomic mass is 10.1. The Labute approximate surface area is 139 Å². The van der Waals surface area contributed by atoms with Crippen LogP contribution in [0, 0.1) is 24.1 Å². The number of aromatic hydroxyl groups is 1. The van der Waals surface area contributed by atoms with Crippen LogP contribution in [0.1, 0.15) is 36.5 Å². The van der Waals surface area contributed by atoms with Gasteiger partial charge in [-0.3, -0.25) is 14.4 Å². The van der Waals surface area contributed by atoms with E-state index in [0.29, 0.717) is 18.5 Å². The fourth-order valence-electron chi connectivity index (χ4n) is 2.34. The summed E-state index contributed by atoms with van der Waals surface area (Å²) >= 11 is 0. The third-order valence-corrected chi connectivity index (χ3v) is 3.77. The molecule has 5 nitrogen and oxygen atoms in total. The van der Waals surface area contributed by atoms with Crippen LogP contribution in [-0.2, 0) is 6.54 Å². The summed E-state index contributed by atoms with van der Waals surface area (Å²) < 4.78 is 14.8. The third kappa shape index (κ3) is 3.35. The van der Waals surface area contributed by atoms with Crippen molar-refractivity contribution in [1.82, 2.24) is 4.57 Å². The summed E-state index contributed by atoms with van der Waals surface area (Å²) in [5.41, 5.74) is 0.113. The summed E-state index contributed by atoms with van der Waals surface area (Å²) in [6.07, 6.45) is 2.80. The van der Waals surface area contributed by atoms with Crippen LogP contribution in [0.3, 0.4) is 0 Å². The van der Waals surface area contributed by atoms with Crippen molar-refractivity contribution in [1.29, 1.82) is 5.26 Å². The SMILES string of the molecule is CCCCn1c(O)c(C=Nc2ccccc2F)c(C)c(C#N)c1=O. The van der Waals surface area contributed by atoms with Crippen molar-refractivity contribution < 1.29 is 9.50 Å². The van der Waals surface area contributed by atoms with Crippen LogP contribution in [0.5, 0.6) is 5.88 Å². The zero-order valence-electron chi connectivity index (χ0n) is 13.6. The first-order valence-electron chi connectivity index (χ1n) is 7.66. The van der Waals surface area contributed by atoms with Crippen molar-refractivity contribution in [2.24, 2.45) is 4.99 Å². The fraction of sp³-hybridized carbons (Fsp3) is 0.278. The van der Waals surface area contributed by atoms with Gasteiger partial charge in [0, 0.05) is 12.8 Å². The van der Waals surface area contributed by atoms with Gasteiger partial charge in [0.25, 0.3) is 5.56 Å². The van der Waals surface area contributed by atoms with E-state index in [0.717, 1.165) is 11.0 Å². The minimum absolute atomic E-state index is 0.0427. The first-order valence-corrected chi connectivity index (χ1v) is 7.66. The Kier molecular flexibility index (Phi) is 5.48. The molecule has 0 bridgehead atoms. The second-order valence-electron chi connectivity index (χ2n) is 5.37. The van der Waals surface area contributed by atoms with Crippen LogP contribution < -0.4 is 5.56 Å². The van der Waals surface area contributed by atoms with Crippen molar-refractivity contribution in [3.05, 3.63) is 57.1 Å². The normalized spacial score (nSPS) is 10.9. The van der Waals surface area contributed by atoms with Gasteiger partial charge in [-0.2, -0.15) is 5.26 Å². The van der Waals surface area contributed by atoms with E-state index < -0.39 is 11.4 Å². The maximum atomic E-state index is 13.7. The fourth-order valence-corrected chi connectivity index (χ4v) is 2.34. The maximum absolute atomic E-state index is 13.7. The molecular weight excluding hydrogens is 309 g/mol. The lowest BCUT2D eigenvalue weighted by Crippen LogP contribution is -2.25. The smallest absolute Gasteiger partial charge is 0.271 e. The average molecular weight is 327 g/mol. The van der Waals surface area contributed by atoms with Crippen LogP contribution >= 0.6 is 0 Å². The number of benzene rings is 1. The van der Waals surface area contributed by atoms with Gasteiger partial charge in [-0.05, 0) is 31.0 Å². The molecule has 0 aliphatic carbocycles. The highest BCUT2D eigenvalue weighted by Crippen LogP contribution is 2.22. The summed E-state index contributed by atoms with van der Waals surface area (Å²) in [5, 5.41) is 19.7. The van der Waals surface area contributed by atoms with E-state index in [1.165, 1.54) is 18.3 Å². The number of hydrogen-bond donors (Lipinski definition) is 1. The van der Waals surface area contributed by atoms with Crippen molar-refractivity contribution in [2.45, 2.75) is 33.2 Å². The number of nitriles is 1. The molecule has 0 atom stereocenters. The van der Waals surface area contributed by atoms with E-state index in [4.69, 9.17) is 0 Å². The van der Waals surface area contributed by atoms with Crippen LogP contribution in [0.2, 0.25) is 0 Å². The molecule has 0 saturated heterocycles. The van der Waals surface area contributed by atoms with Gasteiger partial charge < -0.3 is 5.11 Å². The molecular formula is C18H18FN3O2. The van der Waals surface area contributed by atoms with Gasteiger partial charge in [0.2, 0.25) is 5.88 Å². The highest BCUT2D eigenvalue weighted by atomic mass is 19.1. The molecule has 1 N–H and O–H groups in total. The number of para-hydroxylation sites is 1. The highest BCUT2D eigenvalue weighted by molar-refractivity contribution is 5.87. The standard InChI is InChI=1S/C18H18FN3O2/c1-3-4-9-22-17(23)13(10-20)12(2)14(18(22)24)11-21-16-8-6-5-7-15(16)19/h5-8,11,24H,3-4,9H2,1-2H3. The molecule has 1 heterocycles. The Balaban J connectivity index is 2.59. The lowest BCUT2D eigenvalue weighted by molar-refractivity contribution is 0.399.